The highest BCUT2D eigenvalue weighted by Crippen LogP contribution is 2.26. The van der Waals surface area contributed by atoms with E-state index >= 15 is 0 Å². The number of nitrogens with zero attached hydrogens (tertiary/aromatic N) is 1. The summed E-state index contributed by atoms with van der Waals surface area (Å²) in [4.78, 5) is 10.0. The molecule has 17 heavy (non-hydrogen) atoms. The highest BCUT2D eigenvalue weighted by molar-refractivity contribution is 7.89. The van der Waals surface area contributed by atoms with E-state index in [0.717, 1.165) is 6.07 Å². The standard InChI is InChI=1S/C9H13N3O4S/c1-3-11-8-6-7(12(13)14)4-5-9(8)17(15,16)10-2/h4-6,10-11H,3H2,1-2H3. The van der Waals surface area contributed by atoms with E-state index in [4.69, 9.17) is 0 Å². The zero-order valence-corrected chi connectivity index (χ0v) is 10.2. The number of nitrogens with one attached hydrogen (secondary N) is 2. The van der Waals surface area contributed by atoms with Crippen LogP contribution in [0.3, 0.4) is 0 Å². The first-order valence-corrected chi connectivity index (χ1v) is 6.36. The zero-order chi connectivity index (χ0) is 13.1. The minimum absolute atomic E-state index is 0.00699. The average molecular weight is 259 g/mol. The largest absolute Gasteiger partial charge is 0.384 e. The van der Waals surface area contributed by atoms with Crippen LogP contribution in [0, 0.1) is 10.1 Å². The molecule has 1 aromatic carbocycles. The number of anilines is 1. The Morgan fingerprint density at radius 2 is 2.06 bits per heavy atom. The molecular formula is C9H13N3O4S. The van der Waals surface area contributed by atoms with Crippen molar-refractivity contribution in [2.24, 2.45) is 0 Å². The summed E-state index contributed by atoms with van der Waals surface area (Å²) in [5.74, 6) is 0. The third kappa shape index (κ3) is 2.92. The van der Waals surface area contributed by atoms with Crippen molar-refractivity contribution < 1.29 is 13.3 Å². The van der Waals surface area contributed by atoms with Crippen LogP contribution in [0.4, 0.5) is 11.4 Å². The molecule has 0 fully saturated rings. The molecule has 8 heteroatoms. The quantitative estimate of drug-likeness (QED) is 0.605. The van der Waals surface area contributed by atoms with E-state index < -0.39 is 14.9 Å². The summed E-state index contributed by atoms with van der Waals surface area (Å²) < 4.78 is 25.5. The van der Waals surface area contributed by atoms with Gasteiger partial charge in [0.1, 0.15) is 4.90 Å². The minimum atomic E-state index is -3.63. The Balaban J connectivity index is 3.37. The zero-order valence-electron chi connectivity index (χ0n) is 9.43. The molecule has 0 heterocycles. The van der Waals surface area contributed by atoms with Gasteiger partial charge in [0.05, 0.1) is 10.6 Å². The van der Waals surface area contributed by atoms with Gasteiger partial charge in [0.2, 0.25) is 10.0 Å². The van der Waals surface area contributed by atoms with E-state index in [0.29, 0.717) is 6.54 Å². The Hall–Kier alpha value is -1.67. The molecule has 1 rings (SSSR count). The number of sulfonamides is 1. The van der Waals surface area contributed by atoms with Crippen molar-refractivity contribution in [3.05, 3.63) is 28.3 Å². The lowest BCUT2D eigenvalue weighted by atomic mass is 10.3. The van der Waals surface area contributed by atoms with Gasteiger partial charge in [-0.1, -0.05) is 0 Å². The second-order valence-electron chi connectivity index (χ2n) is 3.18. The third-order valence-corrected chi connectivity index (χ3v) is 3.57. The molecule has 0 radical (unpaired) electrons. The molecule has 7 nitrogen and oxygen atoms in total. The fourth-order valence-corrected chi connectivity index (χ4v) is 2.19. The van der Waals surface area contributed by atoms with Gasteiger partial charge in [-0.05, 0) is 20.0 Å². The lowest BCUT2D eigenvalue weighted by Gasteiger charge is -2.10. The molecule has 0 spiro atoms. The smallest absolute Gasteiger partial charge is 0.271 e. The van der Waals surface area contributed by atoms with E-state index in [1.165, 1.54) is 19.2 Å². The maximum Gasteiger partial charge on any atom is 0.271 e. The van der Waals surface area contributed by atoms with Crippen LogP contribution in [-0.4, -0.2) is 26.9 Å². The molecule has 1 aromatic rings. The molecule has 0 aromatic heterocycles. The number of rotatable bonds is 5. The summed E-state index contributed by atoms with van der Waals surface area (Å²) in [6, 6.07) is 3.57. The van der Waals surface area contributed by atoms with Crippen LogP contribution >= 0.6 is 0 Å². The van der Waals surface area contributed by atoms with Crippen LogP contribution in [0.2, 0.25) is 0 Å². The summed E-state index contributed by atoms with van der Waals surface area (Å²) in [7, 11) is -2.34. The van der Waals surface area contributed by atoms with Gasteiger partial charge in [-0.2, -0.15) is 0 Å². The highest BCUT2D eigenvalue weighted by atomic mass is 32.2. The van der Waals surface area contributed by atoms with Crippen molar-refractivity contribution in [1.82, 2.24) is 4.72 Å². The number of hydrogen-bond donors (Lipinski definition) is 2. The molecule has 0 saturated heterocycles. The van der Waals surface area contributed by atoms with Crippen molar-refractivity contribution in [2.45, 2.75) is 11.8 Å². The maximum absolute atomic E-state index is 11.7. The van der Waals surface area contributed by atoms with Crippen molar-refractivity contribution in [3.63, 3.8) is 0 Å². The van der Waals surface area contributed by atoms with Gasteiger partial charge in [-0.3, -0.25) is 10.1 Å². The predicted octanol–water partition coefficient (Wildman–Crippen LogP) is 0.935. The van der Waals surface area contributed by atoms with Crippen molar-refractivity contribution in [1.29, 1.82) is 0 Å². The SMILES string of the molecule is CCNc1cc([N+](=O)[O-])ccc1S(=O)(=O)NC. The Labute approximate surface area is 99.0 Å². The van der Waals surface area contributed by atoms with Crippen LogP contribution in [0.1, 0.15) is 6.92 Å². The van der Waals surface area contributed by atoms with E-state index in [1.54, 1.807) is 6.92 Å². The summed E-state index contributed by atoms with van der Waals surface area (Å²) in [5.41, 5.74) is 0.0621. The van der Waals surface area contributed by atoms with Crippen LogP contribution in [-0.2, 0) is 10.0 Å². The molecule has 0 aliphatic heterocycles. The van der Waals surface area contributed by atoms with E-state index in [2.05, 4.69) is 10.0 Å². The molecule has 0 aliphatic carbocycles. The first-order chi connectivity index (χ1) is 7.92. The Morgan fingerprint density at radius 3 is 2.53 bits per heavy atom. The van der Waals surface area contributed by atoms with E-state index in [-0.39, 0.29) is 16.3 Å². The van der Waals surface area contributed by atoms with Gasteiger partial charge in [0.15, 0.2) is 0 Å². The molecule has 0 amide bonds. The Kier molecular flexibility index (Phi) is 4.02. The van der Waals surface area contributed by atoms with Crippen molar-refractivity contribution >= 4 is 21.4 Å². The van der Waals surface area contributed by atoms with E-state index in [9.17, 15) is 18.5 Å². The second kappa shape index (κ2) is 5.11. The van der Waals surface area contributed by atoms with Gasteiger partial charge in [-0.25, -0.2) is 13.1 Å². The van der Waals surface area contributed by atoms with Crippen molar-refractivity contribution in [2.75, 3.05) is 18.9 Å². The van der Waals surface area contributed by atoms with Crippen LogP contribution in [0.15, 0.2) is 23.1 Å². The van der Waals surface area contributed by atoms with Gasteiger partial charge in [-0.15, -0.1) is 0 Å². The van der Waals surface area contributed by atoms with Crippen LogP contribution in [0.25, 0.3) is 0 Å². The summed E-state index contributed by atoms with van der Waals surface area (Å²) in [6.07, 6.45) is 0. The molecule has 94 valence electrons. The molecule has 0 saturated carbocycles. The lowest BCUT2D eigenvalue weighted by molar-refractivity contribution is -0.384. The Bertz CT molecular complexity index is 527. The monoisotopic (exact) mass is 259 g/mol. The summed E-state index contributed by atoms with van der Waals surface area (Å²) in [6.45, 7) is 2.24. The molecule has 0 bridgehead atoms. The average Bonchev–Trinajstić information content (AvgIpc) is 2.29. The first kappa shape index (κ1) is 13.4. The third-order valence-electron chi connectivity index (χ3n) is 2.10. The van der Waals surface area contributed by atoms with E-state index in [1.807, 2.05) is 0 Å². The second-order valence-corrected chi connectivity index (χ2v) is 5.03. The van der Waals surface area contributed by atoms with Gasteiger partial charge in [0, 0.05) is 18.7 Å². The number of non-ortho nitro benzene ring substituents is 1. The summed E-state index contributed by atoms with van der Waals surface area (Å²) in [5, 5.41) is 13.4. The minimum Gasteiger partial charge on any atom is -0.384 e. The molecule has 0 unspecified atom stereocenters. The van der Waals surface area contributed by atoms with Gasteiger partial charge < -0.3 is 5.32 Å². The van der Waals surface area contributed by atoms with Crippen LogP contribution in [0.5, 0.6) is 0 Å². The normalized spacial score (nSPS) is 11.2. The predicted molar refractivity (Wildman–Crippen MR) is 63.5 cm³/mol. The fraction of sp³-hybridized carbons (Fsp3) is 0.333. The fourth-order valence-electron chi connectivity index (χ4n) is 1.30. The summed E-state index contributed by atoms with van der Waals surface area (Å²) >= 11 is 0. The topological polar surface area (TPSA) is 101 Å². The van der Waals surface area contributed by atoms with Crippen LogP contribution < -0.4 is 10.0 Å². The number of nitro benzene ring substituents is 1. The molecule has 0 aliphatic rings. The van der Waals surface area contributed by atoms with Crippen molar-refractivity contribution in [3.8, 4) is 0 Å². The Morgan fingerprint density at radius 1 is 1.41 bits per heavy atom. The van der Waals surface area contributed by atoms with Gasteiger partial charge >= 0.3 is 0 Å². The molecular weight excluding hydrogens is 246 g/mol. The lowest BCUT2D eigenvalue weighted by Crippen LogP contribution is -2.20. The van der Waals surface area contributed by atoms with Gasteiger partial charge in [0.25, 0.3) is 5.69 Å². The molecule has 0 atom stereocenters. The molecule has 2 N–H and O–H groups in total. The first-order valence-electron chi connectivity index (χ1n) is 4.88. The highest BCUT2D eigenvalue weighted by Gasteiger charge is 2.19. The number of benzene rings is 1. The number of hydrogen-bond acceptors (Lipinski definition) is 5. The number of nitro groups is 1. The maximum atomic E-state index is 11.7.